The smallest absolute Gasteiger partial charge is 0.323 e. The van der Waals surface area contributed by atoms with E-state index in [0.29, 0.717) is 26.1 Å². The van der Waals surface area contributed by atoms with Crippen LogP contribution in [-0.4, -0.2) is 57.5 Å². The Morgan fingerprint density at radius 1 is 1.30 bits per heavy atom. The molecule has 3 rings (SSSR count). The van der Waals surface area contributed by atoms with Crippen LogP contribution in [0.5, 0.6) is 0 Å². The number of rotatable bonds is 5. The Kier molecular flexibility index (Phi) is 4.57. The van der Waals surface area contributed by atoms with Crippen LogP contribution in [0.1, 0.15) is 12.8 Å². The lowest BCUT2D eigenvalue weighted by atomic mass is 10.1. The van der Waals surface area contributed by atoms with Crippen LogP contribution in [0.25, 0.3) is 10.9 Å². The summed E-state index contributed by atoms with van der Waals surface area (Å²) in [5, 5.41) is 14.3. The van der Waals surface area contributed by atoms with Crippen molar-refractivity contribution in [1.29, 1.82) is 0 Å². The van der Waals surface area contributed by atoms with Crippen molar-refractivity contribution in [2.24, 2.45) is 0 Å². The van der Waals surface area contributed by atoms with Gasteiger partial charge in [-0.2, -0.15) is 5.10 Å². The van der Waals surface area contributed by atoms with Gasteiger partial charge in [0.1, 0.15) is 13.1 Å². The number of carboxylic acids is 1. The molecule has 2 aromatic rings. The molecule has 1 N–H and O–H groups in total. The summed E-state index contributed by atoms with van der Waals surface area (Å²) in [7, 11) is 0. The minimum atomic E-state index is -1.00. The van der Waals surface area contributed by atoms with Crippen molar-refractivity contribution in [1.82, 2.24) is 14.7 Å². The number of aromatic nitrogens is 2. The Morgan fingerprint density at radius 3 is 2.78 bits per heavy atom. The van der Waals surface area contributed by atoms with E-state index in [1.54, 1.807) is 10.9 Å². The molecule has 0 aliphatic carbocycles. The van der Waals surface area contributed by atoms with Gasteiger partial charge in [0.25, 0.3) is 0 Å². The minimum absolute atomic E-state index is 0.0398. The molecule has 1 aromatic heterocycles. The first-order chi connectivity index (χ1) is 11.1. The summed E-state index contributed by atoms with van der Waals surface area (Å²) in [6.07, 6.45) is 3.04. The summed E-state index contributed by atoms with van der Waals surface area (Å²) in [5.41, 5.74) is 0.864. The minimum Gasteiger partial charge on any atom is -0.480 e. The van der Waals surface area contributed by atoms with Crippen LogP contribution in [0.4, 0.5) is 0 Å². The molecule has 1 aromatic carbocycles. The fourth-order valence-corrected chi connectivity index (χ4v) is 2.93. The summed E-state index contributed by atoms with van der Waals surface area (Å²) in [5.74, 6) is -1.23. The summed E-state index contributed by atoms with van der Waals surface area (Å²) in [6, 6.07) is 7.53. The predicted molar refractivity (Wildman–Crippen MR) is 82.9 cm³/mol. The molecule has 0 bridgehead atoms. The Labute approximate surface area is 133 Å². The van der Waals surface area contributed by atoms with Crippen molar-refractivity contribution in [2.45, 2.75) is 25.4 Å². The fourth-order valence-electron chi connectivity index (χ4n) is 2.93. The quantitative estimate of drug-likeness (QED) is 0.893. The standard InChI is InChI=1S/C16H19N3O4/c20-15(10-19-14-4-2-1-3-12(14)9-17-19)18(11-16(21)22)13-5-7-23-8-6-13/h1-4,9,13H,5-8,10-11H2,(H,21,22). The van der Waals surface area contributed by atoms with Crippen molar-refractivity contribution in [3.63, 3.8) is 0 Å². The van der Waals surface area contributed by atoms with E-state index in [9.17, 15) is 9.59 Å². The van der Waals surface area contributed by atoms with Gasteiger partial charge >= 0.3 is 5.97 Å². The first-order valence-electron chi connectivity index (χ1n) is 7.64. The molecule has 0 spiro atoms. The number of hydrogen-bond acceptors (Lipinski definition) is 4. The molecule has 7 nitrogen and oxygen atoms in total. The van der Waals surface area contributed by atoms with Gasteiger partial charge in [-0.1, -0.05) is 18.2 Å². The first-order valence-corrected chi connectivity index (χ1v) is 7.64. The second-order valence-electron chi connectivity index (χ2n) is 5.62. The normalized spacial score (nSPS) is 15.7. The van der Waals surface area contributed by atoms with Crippen LogP contribution in [0, 0.1) is 0 Å². The molecule has 1 aliphatic rings. The first kappa shape index (κ1) is 15.5. The largest absolute Gasteiger partial charge is 0.480 e. The Bertz CT molecular complexity index is 706. The highest BCUT2D eigenvalue weighted by Crippen LogP contribution is 2.17. The van der Waals surface area contributed by atoms with Crippen LogP contribution >= 0.6 is 0 Å². The number of carboxylic acid groups (broad SMARTS) is 1. The number of carbonyl (C=O) groups is 2. The molecule has 23 heavy (non-hydrogen) atoms. The molecule has 1 saturated heterocycles. The zero-order valence-electron chi connectivity index (χ0n) is 12.7. The average molecular weight is 317 g/mol. The van der Waals surface area contributed by atoms with Crippen molar-refractivity contribution in [3.8, 4) is 0 Å². The summed E-state index contributed by atoms with van der Waals surface area (Å²) in [4.78, 5) is 25.2. The van der Waals surface area contributed by atoms with Gasteiger partial charge in [-0.15, -0.1) is 0 Å². The molecule has 7 heteroatoms. The fraction of sp³-hybridized carbons (Fsp3) is 0.438. The predicted octanol–water partition coefficient (Wildman–Crippen LogP) is 1.13. The number of nitrogens with zero attached hydrogens (tertiary/aromatic N) is 3. The number of fused-ring (bicyclic) bond motifs is 1. The number of para-hydroxylation sites is 1. The highest BCUT2D eigenvalue weighted by molar-refractivity contribution is 5.84. The molecular formula is C16H19N3O4. The number of hydrogen-bond donors (Lipinski definition) is 1. The summed E-state index contributed by atoms with van der Waals surface area (Å²) in [6.45, 7) is 0.860. The average Bonchev–Trinajstić information content (AvgIpc) is 2.96. The van der Waals surface area contributed by atoms with Gasteiger partial charge in [0.15, 0.2) is 0 Å². The SMILES string of the molecule is O=C(O)CN(C(=O)Cn1ncc2ccccc21)C1CCOCC1. The Hall–Kier alpha value is -2.41. The summed E-state index contributed by atoms with van der Waals surface area (Å²) < 4.78 is 6.91. The van der Waals surface area contributed by atoms with Crippen molar-refractivity contribution < 1.29 is 19.4 Å². The highest BCUT2D eigenvalue weighted by Gasteiger charge is 2.28. The molecule has 1 fully saturated rings. The lowest BCUT2D eigenvalue weighted by molar-refractivity contribution is -0.148. The van der Waals surface area contributed by atoms with Gasteiger partial charge in [0.05, 0.1) is 11.7 Å². The maximum atomic E-state index is 12.6. The van der Waals surface area contributed by atoms with Gasteiger partial charge in [-0.3, -0.25) is 14.3 Å². The Balaban J connectivity index is 1.78. The van der Waals surface area contributed by atoms with Crippen molar-refractivity contribution in [3.05, 3.63) is 30.5 Å². The maximum Gasteiger partial charge on any atom is 0.323 e. The zero-order chi connectivity index (χ0) is 16.2. The van der Waals surface area contributed by atoms with E-state index in [4.69, 9.17) is 9.84 Å². The van der Waals surface area contributed by atoms with Crippen LogP contribution in [0.15, 0.2) is 30.5 Å². The van der Waals surface area contributed by atoms with E-state index in [-0.39, 0.29) is 25.0 Å². The third-order valence-electron chi connectivity index (χ3n) is 4.09. The zero-order valence-corrected chi connectivity index (χ0v) is 12.7. The van der Waals surface area contributed by atoms with Gasteiger partial charge in [-0.05, 0) is 18.9 Å². The molecule has 1 aliphatic heterocycles. The van der Waals surface area contributed by atoms with E-state index in [1.165, 1.54) is 4.90 Å². The molecule has 0 saturated carbocycles. The third kappa shape index (κ3) is 3.50. The number of amides is 1. The molecule has 122 valence electrons. The lowest BCUT2D eigenvalue weighted by Gasteiger charge is -2.33. The molecule has 0 radical (unpaired) electrons. The molecular weight excluding hydrogens is 298 g/mol. The van der Waals surface area contributed by atoms with E-state index in [0.717, 1.165) is 10.9 Å². The van der Waals surface area contributed by atoms with Gasteiger partial charge in [-0.25, -0.2) is 0 Å². The van der Waals surface area contributed by atoms with E-state index in [1.807, 2.05) is 24.3 Å². The van der Waals surface area contributed by atoms with Gasteiger partial charge < -0.3 is 14.7 Å². The lowest BCUT2D eigenvalue weighted by Crippen LogP contribution is -2.47. The number of aliphatic carboxylic acids is 1. The second-order valence-corrected chi connectivity index (χ2v) is 5.62. The topological polar surface area (TPSA) is 84.7 Å². The van der Waals surface area contributed by atoms with Crippen LogP contribution < -0.4 is 0 Å². The Morgan fingerprint density at radius 2 is 2.04 bits per heavy atom. The molecule has 0 atom stereocenters. The van der Waals surface area contributed by atoms with Crippen LogP contribution in [0.2, 0.25) is 0 Å². The van der Waals surface area contributed by atoms with E-state index in [2.05, 4.69) is 5.10 Å². The van der Waals surface area contributed by atoms with Crippen LogP contribution in [0.3, 0.4) is 0 Å². The van der Waals surface area contributed by atoms with E-state index < -0.39 is 5.97 Å². The van der Waals surface area contributed by atoms with Crippen molar-refractivity contribution >= 4 is 22.8 Å². The third-order valence-corrected chi connectivity index (χ3v) is 4.09. The van der Waals surface area contributed by atoms with Crippen molar-refractivity contribution in [2.75, 3.05) is 19.8 Å². The number of carbonyl (C=O) groups excluding carboxylic acids is 1. The molecule has 1 amide bonds. The maximum absolute atomic E-state index is 12.6. The van der Waals surface area contributed by atoms with Gasteiger partial charge in [0.2, 0.25) is 5.91 Å². The number of ether oxygens (including phenoxy) is 1. The second kappa shape index (κ2) is 6.78. The number of benzene rings is 1. The monoisotopic (exact) mass is 317 g/mol. The van der Waals surface area contributed by atoms with E-state index >= 15 is 0 Å². The van der Waals surface area contributed by atoms with Crippen LogP contribution in [-0.2, 0) is 20.9 Å². The highest BCUT2D eigenvalue weighted by atomic mass is 16.5. The van der Waals surface area contributed by atoms with Gasteiger partial charge in [0, 0.05) is 24.6 Å². The molecule has 0 unspecified atom stereocenters. The summed E-state index contributed by atoms with van der Waals surface area (Å²) >= 11 is 0. The molecule has 2 heterocycles.